The first-order valence-electron chi connectivity index (χ1n) is 12.0. The Labute approximate surface area is 205 Å². The smallest absolute Gasteiger partial charge is 0.228 e. The topological polar surface area (TPSA) is 62.4 Å². The minimum atomic E-state index is -0.833. The van der Waals surface area contributed by atoms with Gasteiger partial charge in [-0.3, -0.25) is 4.79 Å². The molecule has 2 fully saturated rings. The van der Waals surface area contributed by atoms with Crippen molar-refractivity contribution in [1.82, 2.24) is 5.32 Å². The van der Waals surface area contributed by atoms with Gasteiger partial charge in [-0.15, -0.1) is 0 Å². The first-order chi connectivity index (χ1) is 16.0. The van der Waals surface area contributed by atoms with E-state index in [4.69, 9.17) is 27.9 Å². The zero-order valence-corrected chi connectivity index (χ0v) is 20.4. The lowest BCUT2D eigenvalue weighted by molar-refractivity contribution is -0.129. The summed E-state index contributed by atoms with van der Waals surface area (Å²) in [5.41, 5.74) is 1.93. The van der Waals surface area contributed by atoms with Gasteiger partial charge in [-0.2, -0.15) is 0 Å². The van der Waals surface area contributed by atoms with Gasteiger partial charge in [0.2, 0.25) is 5.91 Å². The van der Waals surface area contributed by atoms with Gasteiger partial charge in [0.05, 0.1) is 34.4 Å². The van der Waals surface area contributed by atoms with E-state index in [0.717, 1.165) is 61.2 Å². The zero-order chi connectivity index (χ0) is 23.0. The molecule has 3 N–H and O–H groups in total. The predicted molar refractivity (Wildman–Crippen MR) is 134 cm³/mol. The van der Waals surface area contributed by atoms with Gasteiger partial charge in [-0.25, -0.2) is 0 Å². The van der Waals surface area contributed by atoms with Crippen LogP contribution in [-0.2, 0) is 10.5 Å². The number of carbonyl (C=O) groups is 1. The molecule has 3 aliphatic rings. The second-order valence-electron chi connectivity index (χ2n) is 9.61. The number of ether oxygens (including phenoxy) is 1. The first kappa shape index (κ1) is 22.7. The van der Waals surface area contributed by atoms with E-state index in [-0.39, 0.29) is 23.8 Å². The van der Waals surface area contributed by atoms with Crippen molar-refractivity contribution in [2.24, 2.45) is 11.8 Å². The Kier molecular flexibility index (Phi) is 6.37. The van der Waals surface area contributed by atoms with Gasteiger partial charge in [-0.1, -0.05) is 55.0 Å². The van der Waals surface area contributed by atoms with Gasteiger partial charge in [0.25, 0.3) is 0 Å². The number of nitrogens with one attached hydrogen (secondary N) is 3. The molecule has 0 saturated heterocycles. The number of halogens is 2. The molecule has 7 heteroatoms. The van der Waals surface area contributed by atoms with E-state index >= 15 is 0 Å². The normalized spacial score (nSPS) is 23.6. The molecule has 1 amide bonds. The SMILES string of the molecule is COc1ccc2c(c1)NC(c1ccc(Cl)c(Cl)c1)(C(C(=O)NC1CCCC1)C1CCCC1)N2. The van der Waals surface area contributed by atoms with Crippen LogP contribution in [0.4, 0.5) is 11.4 Å². The highest BCUT2D eigenvalue weighted by molar-refractivity contribution is 6.42. The van der Waals surface area contributed by atoms with Crippen LogP contribution in [0.1, 0.15) is 56.9 Å². The molecule has 2 atom stereocenters. The maximum absolute atomic E-state index is 14.0. The summed E-state index contributed by atoms with van der Waals surface area (Å²) >= 11 is 12.8. The fourth-order valence-corrected chi connectivity index (χ4v) is 6.25. The van der Waals surface area contributed by atoms with E-state index in [1.165, 1.54) is 12.8 Å². The standard InChI is InChI=1S/C26H31Cl2N3O2/c1-33-19-11-13-22-23(15-19)31-26(30-22,17-10-12-20(27)21(28)14-17)24(16-6-2-3-7-16)25(32)29-18-8-4-5-9-18/h10-16,18,24,30-31H,2-9H2,1H3,(H,29,32). The summed E-state index contributed by atoms with van der Waals surface area (Å²) in [5, 5.41) is 11.8. The summed E-state index contributed by atoms with van der Waals surface area (Å²) in [6.07, 6.45) is 8.84. The van der Waals surface area contributed by atoms with Gasteiger partial charge < -0.3 is 20.7 Å². The molecule has 2 unspecified atom stereocenters. The van der Waals surface area contributed by atoms with Crippen LogP contribution >= 0.6 is 23.2 Å². The largest absolute Gasteiger partial charge is 0.497 e. The maximum atomic E-state index is 14.0. The van der Waals surface area contributed by atoms with Crippen molar-refractivity contribution < 1.29 is 9.53 Å². The molecule has 2 saturated carbocycles. The van der Waals surface area contributed by atoms with Crippen LogP contribution in [0.2, 0.25) is 10.0 Å². The minimum Gasteiger partial charge on any atom is -0.497 e. The highest BCUT2D eigenvalue weighted by atomic mass is 35.5. The van der Waals surface area contributed by atoms with Crippen molar-refractivity contribution in [2.45, 2.75) is 63.1 Å². The molecule has 2 aliphatic carbocycles. The van der Waals surface area contributed by atoms with E-state index in [1.54, 1.807) is 7.11 Å². The first-order valence-corrected chi connectivity index (χ1v) is 12.8. The van der Waals surface area contributed by atoms with Gasteiger partial charge in [-0.05, 0) is 61.4 Å². The third kappa shape index (κ3) is 4.26. The van der Waals surface area contributed by atoms with Crippen molar-refractivity contribution in [2.75, 3.05) is 17.7 Å². The quantitative estimate of drug-likeness (QED) is 0.431. The summed E-state index contributed by atoms with van der Waals surface area (Å²) < 4.78 is 5.46. The summed E-state index contributed by atoms with van der Waals surface area (Å²) in [7, 11) is 1.66. The molecule has 176 valence electrons. The van der Waals surface area contributed by atoms with Gasteiger partial charge in [0, 0.05) is 12.1 Å². The summed E-state index contributed by atoms with van der Waals surface area (Å²) in [4.78, 5) is 14.0. The molecule has 5 rings (SSSR count). The fraction of sp³-hybridized carbons (Fsp3) is 0.500. The lowest BCUT2D eigenvalue weighted by atomic mass is 9.76. The number of rotatable bonds is 6. The van der Waals surface area contributed by atoms with Crippen LogP contribution in [0.25, 0.3) is 0 Å². The number of hydrogen-bond acceptors (Lipinski definition) is 4. The molecule has 0 radical (unpaired) electrons. The average molecular weight is 488 g/mol. The van der Waals surface area contributed by atoms with Crippen LogP contribution in [0.5, 0.6) is 5.75 Å². The van der Waals surface area contributed by atoms with Crippen molar-refractivity contribution in [3.63, 3.8) is 0 Å². The monoisotopic (exact) mass is 487 g/mol. The minimum absolute atomic E-state index is 0.111. The van der Waals surface area contributed by atoms with Gasteiger partial charge in [0.1, 0.15) is 11.4 Å². The second kappa shape index (κ2) is 9.27. The number of fused-ring (bicyclic) bond motifs is 1. The molecule has 5 nitrogen and oxygen atoms in total. The molecule has 0 aromatic heterocycles. The van der Waals surface area contributed by atoms with Gasteiger partial charge >= 0.3 is 0 Å². The van der Waals surface area contributed by atoms with E-state index in [0.29, 0.717) is 10.0 Å². The number of benzene rings is 2. The number of anilines is 2. The molecule has 0 spiro atoms. The molecule has 2 aromatic carbocycles. The summed E-state index contributed by atoms with van der Waals surface area (Å²) in [6, 6.07) is 11.8. The summed E-state index contributed by atoms with van der Waals surface area (Å²) in [6.45, 7) is 0. The van der Waals surface area contributed by atoms with Crippen molar-refractivity contribution in [3.8, 4) is 5.75 Å². The van der Waals surface area contributed by atoms with Crippen LogP contribution in [0, 0.1) is 11.8 Å². The van der Waals surface area contributed by atoms with Crippen LogP contribution in [0.3, 0.4) is 0 Å². The number of hydrogen-bond donors (Lipinski definition) is 3. The highest BCUT2D eigenvalue weighted by Gasteiger charge is 2.52. The molecule has 2 aromatic rings. The highest BCUT2D eigenvalue weighted by Crippen LogP contribution is 2.50. The molecule has 1 heterocycles. The van der Waals surface area contributed by atoms with Crippen LogP contribution < -0.4 is 20.7 Å². The predicted octanol–water partition coefficient (Wildman–Crippen LogP) is 6.56. The van der Waals surface area contributed by atoms with Crippen molar-refractivity contribution in [3.05, 3.63) is 52.0 Å². The van der Waals surface area contributed by atoms with Crippen LogP contribution in [-0.4, -0.2) is 19.1 Å². The lowest BCUT2D eigenvalue weighted by Crippen LogP contribution is -2.56. The molecule has 33 heavy (non-hydrogen) atoms. The molecular weight excluding hydrogens is 457 g/mol. The fourth-order valence-electron chi connectivity index (χ4n) is 5.96. The second-order valence-corrected chi connectivity index (χ2v) is 10.4. The van der Waals surface area contributed by atoms with Crippen LogP contribution in [0.15, 0.2) is 36.4 Å². The van der Waals surface area contributed by atoms with Crippen molar-refractivity contribution in [1.29, 1.82) is 0 Å². The maximum Gasteiger partial charge on any atom is 0.228 e. The number of carbonyl (C=O) groups excluding carboxylic acids is 1. The Morgan fingerprint density at radius 1 is 0.970 bits per heavy atom. The van der Waals surface area contributed by atoms with Crippen molar-refractivity contribution >= 4 is 40.5 Å². The Balaban J connectivity index is 1.60. The molecule has 0 bridgehead atoms. The molecular formula is C26H31Cl2N3O2. The Bertz CT molecular complexity index is 1030. The number of amides is 1. The summed E-state index contributed by atoms with van der Waals surface area (Å²) in [5.74, 6) is 0.828. The average Bonchev–Trinajstić information content (AvgIpc) is 3.57. The molecule has 1 aliphatic heterocycles. The Hall–Kier alpha value is -2.11. The van der Waals surface area contributed by atoms with Gasteiger partial charge in [0.15, 0.2) is 0 Å². The lowest BCUT2D eigenvalue weighted by Gasteiger charge is -2.42. The van der Waals surface area contributed by atoms with E-state index < -0.39 is 5.66 Å². The van der Waals surface area contributed by atoms with E-state index in [9.17, 15) is 4.79 Å². The van der Waals surface area contributed by atoms with E-state index in [1.807, 2.05) is 36.4 Å². The third-order valence-corrected chi connectivity index (χ3v) is 8.33. The Morgan fingerprint density at radius 3 is 2.36 bits per heavy atom. The zero-order valence-electron chi connectivity index (χ0n) is 18.9. The Morgan fingerprint density at radius 2 is 1.67 bits per heavy atom. The van der Waals surface area contributed by atoms with E-state index in [2.05, 4.69) is 16.0 Å². The number of methoxy groups -OCH3 is 1. The third-order valence-electron chi connectivity index (χ3n) is 7.59.